The van der Waals surface area contributed by atoms with Crippen LogP contribution in [0.1, 0.15) is 30.8 Å². The number of hydrogen-bond donors (Lipinski definition) is 1. The fourth-order valence-electron chi connectivity index (χ4n) is 2.31. The Bertz CT molecular complexity index is 375. The minimum Gasteiger partial charge on any atom is -0.348 e. The maximum Gasteiger partial charge on any atom is 0.185 e. The monoisotopic (exact) mass is 253 g/mol. The van der Waals surface area contributed by atoms with Gasteiger partial charge in [-0.3, -0.25) is 0 Å². The van der Waals surface area contributed by atoms with E-state index in [4.69, 9.17) is 4.98 Å². The van der Waals surface area contributed by atoms with Crippen molar-refractivity contribution in [2.45, 2.75) is 33.7 Å². The molecule has 17 heavy (non-hydrogen) atoms. The van der Waals surface area contributed by atoms with E-state index in [2.05, 4.69) is 31.0 Å². The molecule has 96 valence electrons. The molecule has 0 spiro atoms. The molecule has 1 aliphatic rings. The van der Waals surface area contributed by atoms with Crippen molar-refractivity contribution in [1.29, 1.82) is 0 Å². The second-order valence-electron chi connectivity index (χ2n) is 5.22. The summed E-state index contributed by atoms with van der Waals surface area (Å²) in [6.07, 6.45) is 1.29. The highest BCUT2D eigenvalue weighted by molar-refractivity contribution is 7.15. The van der Waals surface area contributed by atoms with E-state index in [0.717, 1.165) is 31.5 Å². The molecule has 2 heterocycles. The van der Waals surface area contributed by atoms with Crippen molar-refractivity contribution in [2.24, 2.45) is 11.8 Å². The van der Waals surface area contributed by atoms with Gasteiger partial charge in [-0.1, -0.05) is 13.8 Å². The Morgan fingerprint density at radius 1 is 1.41 bits per heavy atom. The summed E-state index contributed by atoms with van der Waals surface area (Å²) in [5.74, 6) is 1.63. The first-order valence-electron chi connectivity index (χ1n) is 6.47. The molecule has 1 fully saturated rings. The van der Waals surface area contributed by atoms with Gasteiger partial charge in [-0.25, -0.2) is 4.98 Å². The number of hydrogen-bond acceptors (Lipinski definition) is 4. The number of piperidine rings is 1. The zero-order chi connectivity index (χ0) is 12.4. The molecule has 2 atom stereocenters. The summed E-state index contributed by atoms with van der Waals surface area (Å²) in [5.41, 5.74) is 1.19. The van der Waals surface area contributed by atoms with E-state index >= 15 is 0 Å². The number of nitrogens with zero attached hydrogens (tertiary/aromatic N) is 2. The molecule has 1 aromatic heterocycles. The van der Waals surface area contributed by atoms with E-state index < -0.39 is 0 Å². The van der Waals surface area contributed by atoms with Crippen molar-refractivity contribution in [3.63, 3.8) is 0 Å². The van der Waals surface area contributed by atoms with Gasteiger partial charge < -0.3 is 10.2 Å². The summed E-state index contributed by atoms with van der Waals surface area (Å²) in [5, 5.41) is 4.42. The van der Waals surface area contributed by atoms with Crippen LogP contribution in [-0.2, 0) is 6.54 Å². The molecule has 1 aromatic rings. The Hall–Kier alpha value is -0.610. The molecule has 1 N–H and O–H groups in total. The van der Waals surface area contributed by atoms with E-state index in [1.54, 1.807) is 0 Å². The van der Waals surface area contributed by atoms with Gasteiger partial charge in [-0.2, -0.15) is 0 Å². The Kier molecular flexibility index (Phi) is 4.05. The molecule has 0 saturated carbocycles. The fourth-order valence-corrected chi connectivity index (χ4v) is 3.42. The third kappa shape index (κ3) is 2.80. The number of aromatic nitrogens is 1. The summed E-state index contributed by atoms with van der Waals surface area (Å²) < 4.78 is 0. The summed E-state index contributed by atoms with van der Waals surface area (Å²) >= 11 is 1.85. The topological polar surface area (TPSA) is 28.2 Å². The molecule has 0 aliphatic carbocycles. The SMILES string of the molecule is CNCc1sc(N2CCC(C)C(C)C2)nc1C. The van der Waals surface area contributed by atoms with Gasteiger partial charge in [-0.15, -0.1) is 11.3 Å². The second-order valence-corrected chi connectivity index (χ2v) is 6.29. The van der Waals surface area contributed by atoms with Gasteiger partial charge >= 0.3 is 0 Å². The molecule has 3 nitrogen and oxygen atoms in total. The molecular weight excluding hydrogens is 230 g/mol. The Balaban J connectivity index is 2.09. The molecule has 0 aromatic carbocycles. The summed E-state index contributed by atoms with van der Waals surface area (Å²) in [6, 6.07) is 0. The molecule has 1 aliphatic heterocycles. The van der Waals surface area contributed by atoms with E-state index in [1.807, 2.05) is 18.4 Å². The van der Waals surface area contributed by atoms with Crippen LogP contribution < -0.4 is 10.2 Å². The van der Waals surface area contributed by atoms with E-state index in [0.29, 0.717) is 0 Å². The van der Waals surface area contributed by atoms with Crippen LogP contribution in [0.4, 0.5) is 5.13 Å². The first-order chi connectivity index (χ1) is 8.11. The average Bonchev–Trinajstić information content (AvgIpc) is 2.65. The number of anilines is 1. The minimum absolute atomic E-state index is 0.778. The first-order valence-corrected chi connectivity index (χ1v) is 7.29. The smallest absolute Gasteiger partial charge is 0.185 e. The Morgan fingerprint density at radius 3 is 2.82 bits per heavy atom. The lowest BCUT2D eigenvalue weighted by molar-refractivity contribution is 0.324. The predicted octanol–water partition coefficient (Wildman–Crippen LogP) is 2.65. The maximum atomic E-state index is 4.72. The van der Waals surface area contributed by atoms with Gasteiger partial charge in [0.05, 0.1) is 5.69 Å². The minimum atomic E-state index is 0.778. The molecular formula is C13H23N3S. The normalized spacial score (nSPS) is 25.3. The van der Waals surface area contributed by atoms with Crippen molar-refractivity contribution in [3.05, 3.63) is 10.6 Å². The lowest BCUT2D eigenvalue weighted by Gasteiger charge is -2.35. The van der Waals surface area contributed by atoms with E-state index in [1.165, 1.54) is 22.1 Å². The number of aryl methyl sites for hydroxylation is 1. The van der Waals surface area contributed by atoms with Crippen LogP contribution in [0.3, 0.4) is 0 Å². The van der Waals surface area contributed by atoms with Gasteiger partial charge in [-0.05, 0) is 32.2 Å². The van der Waals surface area contributed by atoms with Crippen molar-refractivity contribution >= 4 is 16.5 Å². The molecule has 2 unspecified atom stereocenters. The quantitative estimate of drug-likeness (QED) is 0.897. The van der Waals surface area contributed by atoms with Crippen LogP contribution in [-0.4, -0.2) is 25.1 Å². The highest BCUT2D eigenvalue weighted by Crippen LogP contribution is 2.31. The molecule has 0 bridgehead atoms. The largest absolute Gasteiger partial charge is 0.348 e. The molecule has 1 saturated heterocycles. The van der Waals surface area contributed by atoms with Crippen molar-refractivity contribution in [1.82, 2.24) is 10.3 Å². The Labute approximate surface area is 108 Å². The number of nitrogens with one attached hydrogen (secondary N) is 1. The number of thiazole rings is 1. The van der Waals surface area contributed by atoms with E-state index in [9.17, 15) is 0 Å². The van der Waals surface area contributed by atoms with Crippen molar-refractivity contribution in [3.8, 4) is 0 Å². The molecule has 0 radical (unpaired) electrons. The van der Waals surface area contributed by atoms with Crippen LogP contribution in [0.15, 0.2) is 0 Å². The highest BCUT2D eigenvalue weighted by Gasteiger charge is 2.24. The molecule has 2 rings (SSSR count). The standard InChI is InChI=1S/C13H23N3S/c1-9-5-6-16(8-10(9)2)13-15-11(3)12(17-13)7-14-4/h9-10,14H,5-8H2,1-4H3. The average molecular weight is 253 g/mol. The van der Waals surface area contributed by atoms with Crippen LogP contribution >= 0.6 is 11.3 Å². The van der Waals surface area contributed by atoms with Crippen LogP contribution in [0, 0.1) is 18.8 Å². The van der Waals surface area contributed by atoms with E-state index in [-0.39, 0.29) is 0 Å². The lowest BCUT2D eigenvalue weighted by atomic mass is 9.89. The van der Waals surface area contributed by atoms with Gasteiger partial charge in [0.1, 0.15) is 0 Å². The summed E-state index contributed by atoms with van der Waals surface area (Å²) in [7, 11) is 1.99. The van der Waals surface area contributed by atoms with Crippen molar-refractivity contribution in [2.75, 3.05) is 25.0 Å². The third-order valence-corrected chi connectivity index (χ3v) is 5.04. The van der Waals surface area contributed by atoms with Crippen molar-refractivity contribution < 1.29 is 0 Å². The Morgan fingerprint density at radius 2 is 2.18 bits per heavy atom. The maximum absolute atomic E-state index is 4.72. The second kappa shape index (κ2) is 5.36. The lowest BCUT2D eigenvalue weighted by Crippen LogP contribution is -2.38. The first kappa shape index (κ1) is 12.8. The van der Waals surface area contributed by atoms with Crippen LogP contribution in [0.2, 0.25) is 0 Å². The third-order valence-electron chi connectivity index (χ3n) is 3.82. The molecule has 4 heteroatoms. The van der Waals surface area contributed by atoms with Crippen LogP contribution in [0.5, 0.6) is 0 Å². The summed E-state index contributed by atoms with van der Waals surface area (Å²) in [4.78, 5) is 8.55. The van der Waals surface area contributed by atoms with Gasteiger partial charge in [0.2, 0.25) is 0 Å². The van der Waals surface area contributed by atoms with Crippen LogP contribution in [0.25, 0.3) is 0 Å². The van der Waals surface area contributed by atoms with Gasteiger partial charge in [0.25, 0.3) is 0 Å². The summed E-state index contributed by atoms with van der Waals surface area (Å²) in [6.45, 7) is 10.1. The zero-order valence-corrected chi connectivity index (χ0v) is 12.1. The predicted molar refractivity (Wildman–Crippen MR) is 74.8 cm³/mol. The zero-order valence-electron chi connectivity index (χ0n) is 11.3. The van der Waals surface area contributed by atoms with Gasteiger partial charge in [0.15, 0.2) is 5.13 Å². The molecule has 0 amide bonds. The fraction of sp³-hybridized carbons (Fsp3) is 0.769. The highest BCUT2D eigenvalue weighted by atomic mass is 32.1. The number of rotatable bonds is 3. The van der Waals surface area contributed by atoms with Gasteiger partial charge in [0, 0.05) is 24.5 Å².